The highest BCUT2D eigenvalue weighted by Gasteiger charge is 2.31. The van der Waals surface area contributed by atoms with Gasteiger partial charge in [0, 0.05) is 23.8 Å². The number of rotatable bonds is 6. The zero-order valence-electron chi connectivity index (χ0n) is 17.8. The van der Waals surface area contributed by atoms with Crippen LogP contribution in [0.4, 0.5) is 5.69 Å². The monoisotopic (exact) mass is 455 g/mol. The van der Waals surface area contributed by atoms with Crippen molar-refractivity contribution in [3.05, 3.63) is 59.2 Å². The quantitative estimate of drug-likeness (QED) is 0.650. The summed E-state index contributed by atoms with van der Waals surface area (Å²) in [6.45, 7) is 2.25. The number of imide groups is 1. The van der Waals surface area contributed by atoms with Gasteiger partial charge in [0.1, 0.15) is 0 Å². The van der Waals surface area contributed by atoms with E-state index in [1.807, 2.05) is 6.92 Å². The molecule has 0 bridgehead atoms. The molecule has 0 aromatic heterocycles. The molecule has 0 saturated heterocycles. The summed E-state index contributed by atoms with van der Waals surface area (Å²) in [5, 5.41) is 4.88. The van der Waals surface area contributed by atoms with Gasteiger partial charge in [-0.2, -0.15) is 4.31 Å². The van der Waals surface area contributed by atoms with Crippen molar-refractivity contribution in [2.45, 2.75) is 50.0 Å². The molecule has 9 heteroatoms. The lowest BCUT2D eigenvalue weighted by atomic mass is 9.95. The molecule has 2 aromatic rings. The minimum absolute atomic E-state index is 0.0191. The van der Waals surface area contributed by atoms with Crippen molar-refractivity contribution in [1.82, 2.24) is 9.62 Å². The summed E-state index contributed by atoms with van der Waals surface area (Å²) in [6, 6.07) is 10.3. The maximum atomic E-state index is 13.2. The molecular weight excluding hydrogens is 430 g/mol. The zero-order valence-corrected chi connectivity index (χ0v) is 18.6. The summed E-state index contributed by atoms with van der Waals surface area (Å²) in [5.74, 6) is -1.42. The average molecular weight is 456 g/mol. The molecule has 1 saturated carbocycles. The average Bonchev–Trinajstić information content (AvgIpc) is 3.08. The molecule has 168 valence electrons. The lowest BCUT2D eigenvalue weighted by molar-refractivity contribution is 0.0878. The number of nitrogens with zero attached hydrogens (tertiary/aromatic N) is 1. The van der Waals surface area contributed by atoms with Gasteiger partial charge in [0.15, 0.2) is 0 Å². The van der Waals surface area contributed by atoms with E-state index in [2.05, 4.69) is 10.6 Å². The Bertz CT molecular complexity index is 1170. The number of amides is 3. The minimum atomic E-state index is -3.65. The Labute approximate surface area is 187 Å². The van der Waals surface area contributed by atoms with Crippen molar-refractivity contribution in [3.63, 3.8) is 0 Å². The highest BCUT2D eigenvalue weighted by atomic mass is 32.2. The summed E-state index contributed by atoms with van der Waals surface area (Å²) in [5.41, 5.74) is 1.12. The van der Waals surface area contributed by atoms with Gasteiger partial charge < -0.3 is 5.32 Å². The third-order valence-corrected chi connectivity index (χ3v) is 8.05. The van der Waals surface area contributed by atoms with Crippen LogP contribution >= 0.6 is 0 Å². The van der Waals surface area contributed by atoms with Crippen molar-refractivity contribution in [3.8, 4) is 0 Å². The molecule has 1 aliphatic carbocycles. The zero-order chi connectivity index (χ0) is 22.9. The van der Waals surface area contributed by atoms with Crippen LogP contribution in [0.3, 0.4) is 0 Å². The fourth-order valence-corrected chi connectivity index (χ4v) is 6.05. The number of hydrogen-bond acceptors (Lipinski definition) is 5. The molecule has 3 amide bonds. The standard InChI is InChI=1S/C23H25N3O5S/c1-2-26(17-6-4-3-5-7-17)32(30,31)18-11-8-15(9-12-18)21(27)24-16-10-13-19-20(14-16)23(29)25-22(19)28/h8-14,17H,2-7H2,1H3,(H,24,27)(H,25,28,29). The topological polar surface area (TPSA) is 113 Å². The van der Waals surface area contributed by atoms with Crippen LogP contribution in [0.25, 0.3) is 0 Å². The lowest BCUT2D eigenvalue weighted by Gasteiger charge is -2.32. The summed E-state index contributed by atoms with van der Waals surface area (Å²) in [7, 11) is -3.65. The molecule has 2 aliphatic rings. The van der Waals surface area contributed by atoms with E-state index < -0.39 is 27.7 Å². The molecule has 0 unspecified atom stereocenters. The Hall–Kier alpha value is -3.04. The van der Waals surface area contributed by atoms with E-state index in [4.69, 9.17) is 0 Å². The first kappa shape index (κ1) is 22.2. The first-order chi connectivity index (χ1) is 15.3. The number of anilines is 1. The van der Waals surface area contributed by atoms with Crippen LogP contribution in [0.15, 0.2) is 47.4 Å². The second-order valence-electron chi connectivity index (χ2n) is 8.02. The number of benzene rings is 2. The van der Waals surface area contributed by atoms with Gasteiger partial charge >= 0.3 is 0 Å². The van der Waals surface area contributed by atoms with E-state index in [0.29, 0.717) is 12.2 Å². The fraction of sp³-hybridized carbons (Fsp3) is 0.348. The normalized spacial score (nSPS) is 16.7. The molecular formula is C23H25N3O5S. The van der Waals surface area contributed by atoms with Gasteiger partial charge in [-0.25, -0.2) is 8.42 Å². The van der Waals surface area contributed by atoms with E-state index in [-0.39, 0.29) is 27.6 Å². The molecule has 1 fully saturated rings. The number of nitrogens with one attached hydrogen (secondary N) is 2. The number of hydrogen-bond donors (Lipinski definition) is 2. The fourth-order valence-electron chi connectivity index (χ4n) is 4.36. The van der Waals surface area contributed by atoms with E-state index in [1.165, 1.54) is 42.5 Å². The molecule has 2 aromatic carbocycles. The highest BCUT2D eigenvalue weighted by molar-refractivity contribution is 7.89. The van der Waals surface area contributed by atoms with Crippen LogP contribution in [0.5, 0.6) is 0 Å². The largest absolute Gasteiger partial charge is 0.322 e. The lowest BCUT2D eigenvalue weighted by Crippen LogP contribution is -2.41. The second kappa shape index (κ2) is 8.84. The van der Waals surface area contributed by atoms with Gasteiger partial charge in [0.05, 0.1) is 16.0 Å². The van der Waals surface area contributed by atoms with Gasteiger partial charge in [0.2, 0.25) is 10.0 Å². The first-order valence-corrected chi connectivity index (χ1v) is 12.2. The van der Waals surface area contributed by atoms with Crippen molar-refractivity contribution in [2.24, 2.45) is 0 Å². The summed E-state index contributed by atoms with van der Waals surface area (Å²) in [4.78, 5) is 36.2. The minimum Gasteiger partial charge on any atom is -0.322 e. The maximum Gasteiger partial charge on any atom is 0.259 e. The molecule has 1 aliphatic heterocycles. The molecule has 0 radical (unpaired) electrons. The first-order valence-electron chi connectivity index (χ1n) is 10.7. The van der Waals surface area contributed by atoms with Crippen LogP contribution < -0.4 is 10.6 Å². The van der Waals surface area contributed by atoms with E-state index in [0.717, 1.165) is 32.1 Å². The van der Waals surface area contributed by atoms with Crippen molar-refractivity contribution in [2.75, 3.05) is 11.9 Å². The molecule has 32 heavy (non-hydrogen) atoms. The maximum absolute atomic E-state index is 13.2. The Morgan fingerprint density at radius 3 is 2.31 bits per heavy atom. The van der Waals surface area contributed by atoms with Crippen LogP contribution in [0.2, 0.25) is 0 Å². The highest BCUT2D eigenvalue weighted by Crippen LogP contribution is 2.28. The van der Waals surface area contributed by atoms with Crippen molar-refractivity contribution >= 4 is 33.4 Å². The van der Waals surface area contributed by atoms with Gasteiger partial charge in [-0.15, -0.1) is 0 Å². The Balaban J connectivity index is 1.49. The molecule has 8 nitrogen and oxygen atoms in total. The number of carbonyl (C=O) groups excluding carboxylic acids is 3. The molecule has 1 heterocycles. The number of carbonyl (C=O) groups is 3. The number of fused-ring (bicyclic) bond motifs is 1. The predicted octanol–water partition coefficient (Wildman–Crippen LogP) is 3.17. The smallest absolute Gasteiger partial charge is 0.259 e. The molecule has 0 spiro atoms. The SMILES string of the molecule is CCN(C1CCCCC1)S(=O)(=O)c1ccc(C(=O)Nc2ccc3c(c2)C(=O)NC3=O)cc1. The van der Waals surface area contributed by atoms with E-state index in [1.54, 1.807) is 4.31 Å². The molecule has 0 atom stereocenters. The predicted molar refractivity (Wildman–Crippen MR) is 119 cm³/mol. The second-order valence-corrected chi connectivity index (χ2v) is 9.91. The van der Waals surface area contributed by atoms with Crippen LogP contribution in [-0.4, -0.2) is 43.0 Å². The Kier molecular flexibility index (Phi) is 6.12. The van der Waals surface area contributed by atoms with Crippen LogP contribution in [0, 0.1) is 0 Å². The summed E-state index contributed by atoms with van der Waals surface area (Å²) < 4.78 is 27.9. The number of sulfonamides is 1. The molecule has 2 N–H and O–H groups in total. The summed E-state index contributed by atoms with van der Waals surface area (Å²) in [6.07, 6.45) is 4.96. The third-order valence-electron chi connectivity index (χ3n) is 6.01. The van der Waals surface area contributed by atoms with Gasteiger partial charge in [-0.3, -0.25) is 19.7 Å². The third kappa shape index (κ3) is 4.18. The van der Waals surface area contributed by atoms with E-state index >= 15 is 0 Å². The van der Waals surface area contributed by atoms with E-state index in [9.17, 15) is 22.8 Å². The summed E-state index contributed by atoms with van der Waals surface area (Å²) >= 11 is 0. The Morgan fingerprint density at radius 2 is 1.66 bits per heavy atom. The Morgan fingerprint density at radius 1 is 1.00 bits per heavy atom. The van der Waals surface area contributed by atoms with Gasteiger partial charge in [-0.05, 0) is 55.3 Å². The van der Waals surface area contributed by atoms with Crippen molar-refractivity contribution in [1.29, 1.82) is 0 Å². The van der Waals surface area contributed by atoms with Crippen LogP contribution in [0.1, 0.15) is 70.1 Å². The van der Waals surface area contributed by atoms with Gasteiger partial charge in [0.25, 0.3) is 17.7 Å². The molecule has 4 rings (SSSR count). The van der Waals surface area contributed by atoms with Gasteiger partial charge in [-0.1, -0.05) is 26.2 Å². The van der Waals surface area contributed by atoms with Crippen molar-refractivity contribution < 1.29 is 22.8 Å². The van der Waals surface area contributed by atoms with Crippen LogP contribution in [-0.2, 0) is 10.0 Å².